The Balaban J connectivity index is 1.93. The molecule has 0 atom stereocenters. The maximum atomic E-state index is 9.41. The molecule has 3 aromatic rings. The van der Waals surface area contributed by atoms with Gasteiger partial charge >= 0.3 is 0 Å². The second-order valence-corrected chi connectivity index (χ2v) is 6.67. The lowest BCUT2D eigenvalue weighted by Crippen LogP contribution is -2.25. The Morgan fingerprint density at radius 1 is 1.17 bits per heavy atom. The number of nitrogen functional groups attached to an aromatic ring is 1. The number of ether oxygens (including phenoxy) is 1. The van der Waals surface area contributed by atoms with Crippen LogP contribution in [0.3, 0.4) is 0 Å². The van der Waals surface area contributed by atoms with Gasteiger partial charge in [0.2, 0.25) is 0 Å². The van der Waals surface area contributed by atoms with Crippen LogP contribution in [-0.4, -0.2) is 9.78 Å². The van der Waals surface area contributed by atoms with E-state index in [2.05, 4.69) is 11.2 Å². The van der Waals surface area contributed by atoms with Crippen molar-refractivity contribution < 1.29 is 4.74 Å². The first kappa shape index (κ1) is 15.9. The molecule has 5 nitrogen and oxygen atoms in total. The predicted octanol–water partition coefficient (Wildman–Crippen LogP) is 3.82. The fourth-order valence-electron chi connectivity index (χ4n) is 2.68. The van der Waals surface area contributed by atoms with Gasteiger partial charge in [0, 0.05) is 5.39 Å². The molecule has 24 heavy (non-hydrogen) atoms. The quantitative estimate of drug-likeness (QED) is 0.795. The van der Waals surface area contributed by atoms with Crippen LogP contribution in [0.5, 0.6) is 5.75 Å². The third-order valence-electron chi connectivity index (χ3n) is 3.85. The molecule has 5 heteroatoms. The molecule has 0 amide bonds. The summed E-state index contributed by atoms with van der Waals surface area (Å²) in [6, 6.07) is 16.1. The summed E-state index contributed by atoms with van der Waals surface area (Å²) in [5, 5.41) is 16.0. The van der Waals surface area contributed by atoms with E-state index in [1.807, 2.05) is 63.2 Å². The number of hydrogen-bond donors (Lipinski definition) is 1. The molecule has 0 saturated carbocycles. The van der Waals surface area contributed by atoms with Gasteiger partial charge in [-0.1, -0.05) is 36.4 Å². The molecule has 0 spiro atoms. The fraction of sp³-hybridized carbons (Fsp3) is 0.263. The monoisotopic (exact) mass is 320 g/mol. The predicted molar refractivity (Wildman–Crippen MR) is 94.6 cm³/mol. The molecule has 0 unspecified atom stereocenters. The summed E-state index contributed by atoms with van der Waals surface area (Å²) >= 11 is 0. The van der Waals surface area contributed by atoms with Crippen LogP contribution in [0, 0.1) is 11.3 Å². The van der Waals surface area contributed by atoms with Crippen molar-refractivity contribution in [2.75, 3.05) is 5.73 Å². The van der Waals surface area contributed by atoms with Gasteiger partial charge < -0.3 is 10.5 Å². The smallest absolute Gasteiger partial charge is 0.140 e. The Morgan fingerprint density at radius 2 is 1.88 bits per heavy atom. The summed E-state index contributed by atoms with van der Waals surface area (Å²) in [4.78, 5) is 0. The molecule has 1 aromatic heterocycles. The molecule has 3 rings (SSSR count). The molecule has 2 aromatic carbocycles. The van der Waals surface area contributed by atoms with Gasteiger partial charge in [-0.3, -0.25) is 0 Å². The average molecular weight is 320 g/mol. The minimum absolute atomic E-state index is 0.199. The number of anilines is 1. The molecule has 0 saturated heterocycles. The van der Waals surface area contributed by atoms with Crippen LogP contribution in [0.1, 0.15) is 32.0 Å². The van der Waals surface area contributed by atoms with E-state index in [0.29, 0.717) is 17.1 Å². The molecule has 0 fully saturated rings. The summed E-state index contributed by atoms with van der Waals surface area (Å²) < 4.78 is 7.62. The maximum Gasteiger partial charge on any atom is 0.140 e. The lowest BCUT2D eigenvalue weighted by Gasteiger charge is -2.20. The Bertz CT molecular complexity index is 923. The van der Waals surface area contributed by atoms with Gasteiger partial charge in [-0.25, -0.2) is 4.68 Å². The third-order valence-corrected chi connectivity index (χ3v) is 3.85. The van der Waals surface area contributed by atoms with Crippen LogP contribution in [-0.2, 0) is 12.1 Å². The van der Waals surface area contributed by atoms with Crippen molar-refractivity contribution in [2.45, 2.75) is 32.9 Å². The molecule has 0 radical (unpaired) electrons. The maximum absolute atomic E-state index is 9.41. The standard InChI is InChI=1S/C19H20N4O/c1-19(2,3)23-18(21)15(11-20)16(22-23)12-24-17-10-6-8-13-7-4-5-9-14(13)17/h4-10H,12,21H2,1-3H3. The van der Waals surface area contributed by atoms with Gasteiger partial charge in [0.15, 0.2) is 0 Å². The summed E-state index contributed by atoms with van der Waals surface area (Å²) in [6.45, 7) is 6.18. The van der Waals surface area contributed by atoms with Crippen LogP contribution >= 0.6 is 0 Å². The molecule has 0 aliphatic rings. The highest BCUT2D eigenvalue weighted by Gasteiger charge is 2.23. The van der Waals surface area contributed by atoms with E-state index in [0.717, 1.165) is 16.5 Å². The second-order valence-electron chi connectivity index (χ2n) is 6.67. The van der Waals surface area contributed by atoms with Crippen molar-refractivity contribution in [1.29, 1.82) is 5.26 Å². The average Bonchev–Trinajstić information content (AvgIpc) is 2.88. The molecule has 1 heterocycles. The highest BCUT2D eigenvalue weighted by Crippen LogP contribution is 2.28. The Morgan fingerprint density at radius 3 is 2.58 bits per heavy atom. The summed E-state index contributed by atoms with van der Waals surface area (Å²) in [5.74, 6) is 1.14. The van der Waals surface area contributed by atoms with Gasteiger partial charge in [0.1, 0.15) is 35.5 Å². The summed E-state index contributed by atoms with van der Waals surface area (Å²) in [7, 11) is 0. The van der Waals surface area contributed by atoms with Gasteiger partial charge in [-0.15, -0.1) is 0 Å². The number of rotatable bonds is 3. The molecule has 122 valence electrons. The highest BCUT2D eigenvalue weighted by atomic mass is 16.5. The number of hydrogen-bond acceptors (Lipinski definition) is 4. The molecule has 0 aliphatic heterocycles. The number of benzene rings is 2. The van der Waals surface area contributed by atoms with Gasteiger partial charge in [0.25, 0.3) is 0 Å². The Labute approximate surface area is 141 Å². The van der Waals surface area contributed by atoms with Crippen LogP contribution in [0.15, 0.2) is 42.5 Å². The van der Waals surface area contributed by atoms with Crippen LogP contribution < -0.4 is 10.5 Å². The molecule has 0 bridgehead atoms. The first-order valence-corrected chi connectivity index (χ1v) is 7.80. The molecular formula is C19H20N4O. The normalized spacial score (nSPS) is 11.4. The number of nitrogens with two attached hydrogens (primary N) is 1. The molecule has 0 aliphatic carbocycles. The topological polar surface area (TPSA) is 76.9 Å². The molecule has 2 N–H and O–H groups in total. The number of aromatic nitrogens is 2. The van der Waals surface area contributed by atoms with E-state index < -0.39 is 0 Å². The van der Waals surface area contributed by atoms with E-state index in [1.165, 1.54) is 0 Å². The SMILES string of the molecule is CC(C)(C)n1nc(COc2cccc3ccccc23)c(C#N)c1N. The highest BCUT2D eigenvalue weighted by molar-refractivity contribution is 5.88. The number of fused-ring (bicyclic) bond motifs is 1. The largest absolute Gasteiger partial charge is 0.487 e. The van der Waals surface area contributed by atoms with E-state index in [-0.39, 0.29) is 12.1 Å². The van der Waals surface area contributed by atoms with Crippen LogP contribution in [0.25, 0.3) is 10.8 Å². The van der Waals surface area contributed by atoms with Crippen molar-refractivity contribution in [3.05, 3.63) is 53.7 Å². The second kappa shape index (κ2) is 5.89. The van der Waals surface area contributed by atoms with Crippen LogP contribution in [0.4, 0.5) is 5.82 Å². The zero-order valence-corrected chi connectivity index (χ0v) is 14.1. The first-order valence-electron chi connectivity index (χ1n) is 7.80. The zero-order chi connectivity index (χ0) is 17.3. The van der Waals surface area contributed by atoms with E-state index in [9.17, 15) is 5.26 Å². The van der Waals surface area contributed by atoms with Crippen molar-refractivity contribution in [3.8, 4) is 11.8 Å². The molecular weight excluding hydrogens is 300 g/mol. The lowest BCUT2D eigenvalue weighted by atomic mass is 10.1. The lowest BCUT2D eigenvalue weighted by molar-refractivity contribution is 0.295. The van der Waals surface area contributed by atoms with Gasteiger partial charge in [-0.05, 0) is 32.2 Å². The van der Waals surface area contributed by atoms with E-state index >= 15 is 0 Å². The third kappa shape index (κ3) is 2.79. The van der Waals surface area contributed by atoms with Crippen molar-refractivity contribution in [3.63, 3.8) is 0 Å². The van der Waals surface area contributed by atoms with Gasteiger partial charge in [-0.2, -0.15) is 10.4 Å². The van der Waals surface area contributed by atoms with Crippen LogP contribution in [0.2, 0.25) is 0 Å². The zero-order valence-electron chi connectivity index (χ0n) is 14.1. The Kier molecular flexibility index (Phi) is 3.90. The fourth-order valence-corrected chi connectivity index (χ4v) is 2.68. The summed E-state index contributed by atoms with van der Waals surface area (Å²) in [5.41, 5.74) is 6.72. The Hall–Kier alpha value is -3.00. The number of nitrogens with zero attached hydrogens (tertiary/aromatic N) is 3. The number of nitriles is 1. The minimum Gasteiger partial charge on any atom is -0.487 e. The minimum atomic E-state index is -0.298. The van der Waals surface area contributed by atoms with Crippen molar-refractivity contribution >= 4 is 16.6 Å². The summed E-state index contributed by atoms with van der Waals surface area (Å²) in [6.07, 6.45) is 0. The first-order chi connectivity index (χ1) is 11.4. The van der Waals surface area contributed by atoms with E-state index in [4.69, 9.17) is 10.5 Å². The van der Waals surface area contributed by atoms with Crippen molar-refractivity contribution in [2.24, 2.45) is 0 Å². The van der Waals surface area contributed by atoms with Gasteiger partial charge in [0.05, 0.1) is 5.54 Å². The van der Waals surface area contributed by atoms with Crippen molar-refractivity contribution in [1.82, 2.24) is 9.78 Å². The van der Waals surface area contributed by atoms with E-state index in [1.54, 1.807) is 4.68 Å².